The maximum absolute atomic E-state index is 14.3. The van der Waals surface area contributed by atoms with E-state index in [2.05, 4.69) is 5.32 Å². The van der Waals surface area contributed by atoms with Crippen molar-refractivity contribution < 1.29 is 17.6 Å². The summed E-state index contributed by atoms with van der Waals surface area (Å²) in [6, 6.07) is 6.35. The molecule has 1 aromatic heterocycles. The number of nitrogens with zero attached hydrogens (tertiary/aromatic N) is 2. The number of piperidine rings is 1. The summed E-state index contributed by atoms with van der Waals surface area (Å²) >= 11 is 0.727. The van der Waals surface area contributed by atoms with Gasteiger partial charge in [0.15, 0.2) is 0 Å². The molecule has 1 fully saturated rings. The van der Waals surface area contributed by atoms with Crippen molar-refractivity contribution in [3.05, 3.63) is 23.1 Å². The number of rotatable bonds is 3. The predicted octanol–water partition coefficient (Wildman–Crippen LogP) is 4.84. The van der Waals surface area contributed by atoms with Gasteiger partial charge in [-0.05, 0) is 31.3 Å². The maximum Gasteiger partial charge on any atom is 0.446 e. The Bertz CT molecular complexity index is 812. The number of thioether (sulfide) groups is 1. The van der Waals surface area contributed by atoms with Crippen LogP contribution in [0.5, 0.6) is 0 Å². The van der Waals surface area contributed by atoms with Crippen molar-refractivity contribution in [2.75, 3.05) is 25.5 Å². The van der Waals surface area contributed by atoms with E-state index in [4.69, 9.17) is 0 Å². The molecule has 1 aliphatic heterocycles. The number of nitrogens with one attached hydrogen (secondary N) is 1. The summed E-state index contributed by atoms with van der Waals surface area (Å²) < 4.78 is 53.2. The fraction of sp³-hybridized carbons (Fsp3) is 0.438. The second kappa shape index (κ2) is 7.02. The van der Waals surface area contributed by atoms with E-state index in [1.165, 1.54) is 0 Å². The molecule has 0 radical (unpaired) electrons. The molecule has 2 atom stereocenters. The Hall–Kier alpha value is -1.50. The van der Waals surface area contributed by atoms with Crippen LogP contribution in [-0.2, 0) is 0 Å². The van der Waals surface area contributed by atoms with E-state index < -0.39 is 17.7 Å². The second-order valence-electron chi connectivity index (χ2n) is 5.92. The van der Waals surface area contributed by atoms with Crippen molar-refractivity contribution in [1.82, 2.24) is 4.90 Å². The van der Waals surface area contributed by atoms with Gasteiger partial charge in [0.2, 0.25) is 0 Å². The van der Waals surface area contributed by atoms with Crippen LogP contribution in [0.1, 0.15) is 11.3 Å². The van der Waals surface area contributed by atoms with Gasteiger partial charge in [-0.25, -0.2) is 4.39 Å². The molecule has 0 amide bonds. The number of alkyl halides is 4. The summed E-state index contributed by atoms with van der Waals surface area (Å²) in [6.45, 7) is 1.06. The molecule has 3 nitrogen and oxygen atoms in total. The molecular weight excluding hydrogens is 374 g/mol. The number of hydrogen-bond acceptors (Lipinski definition) is 5. The lowest BCUT2D eigenvalue weighted by Gasteiger charge is -2.33. The average molecular weight is 389 g/mol. The molecule has 1 aliphatic rings. The highest BCUT2D eigenvalue weighted by Gasteiger charge is 2.33. The zero-order chi connectivity index (χ0) is 18.2. The van der Waals surface area contributed by atoms with Crippen LogP contribution in [0.2, 0.25) is 0 Å². The van der Waals surface area contributed by atoms with E-state index >= 15 is 0 Å². The molecule has 0 saturated carbocycles. The summed E-state index contributed by atoms with van der Waals surface area (Å²) in [5.74, 6) is 0. The molecular formula is C16H15F4N3S2. The van der Waals surface area contributed by atoms with Gasteiger partial charge in [-0.3, -0.25) is 0 Å². The summed E-state index contributed by atoms with van der Waals surface area (Å²) in [5, 5.41) is 12.7. The van der Waals surface area contributed by atoms with Gasteiger partial charge in [-0.2, -0.15) is 18.4 Å². The van der Waals surface area contributed by atoms with Crippen molar-refractivity contribution in [3.8, 4) is 6.07 Å². The summed E-state index contributed by atoms with van der Waals surface area (Å²) in [4.78, 5) is 1.84. The topological polar surface area (TPSA) is 39.1 Å². The van der Waals surface area contributed by atoms with Gasteiger partial charge in [0, 0.05) is 18.5 Å². The summed E-state index contributed by atoms with van der Waals surface area (Å²) in [5.41, 5.74) is -3.90. The number of halogens is 4. The quantitative estimate of drug-likeness (QED) is 0.602. The number of thiophene rings is 1. The van der Waals surface area contributed by atoms with Crippen LogP contribution in [0.15, 0.2) is 23.1 Å². The van der Waals surface area contributed by atoms with E-state index in [9.17, 15) is 22.8 Å². The SMILES string of the molecule is CN1CC[C@@H](Nc2cccc3c(SC(F)(F)F)c(C#N)sc23)[C@@H](F)C1. The second-order valence-corrected chi connectivity index (χ2v) is 8.02. The van der Waals surface area contributed by atoms with Gasteiger partial charge in [-0.15, -0.1) is 11.3 Å². The lowest BCUT2D eigenvalue weighted by molar-refractivity contribution is -0.0327. The van der Waals surface area contributed by atoms with Gasteiger partial charge >= 0.3 is 5.51 Å². The number of benzene rings is 1. The van der Waals surface area contributed by atoms with Crippen molar-refractivity contribution >= 4 is 38.9 Å². The molecule has 0 bridgehead atoms. The Morgan fingerprint density at radius 3 is 2.80 bits per heavy atom. The molecule has 1 aromatic carbocycles. The van der Waals surface area contributed by atoms with Crippen LogP contribution >= 0.6 is 23.1 Å². The molecule has 0 aliphatic carbocycles. The summed E-state index contributed by atoms with van der Waals surface area (Å²) in [7, 11) is 1.85. The first-order valence-corrected chi connectivity index (χ1v) is 9.22. The van der Waals surface area contributed by atoms with Gasteiger partial charge in [0.25, 0.3) is 0 Å². The van der Waals surface area contributed by atoms with Crippen LogP contribution in [-0.4, -0.2) is 42.8 Å². The third kappa shape index (κ3) is 4.02. The Balaban J connectivity index is 1.96. The van der Waals surface area contributed by atoms with Crippen LogP contribution in [0.3, 0.4) is 0 Å². The normalized spacial score (nSPS) is 22.1. The van der Waals surface area contributed by atoms with Crippen molar-refractivity contribution in [2.24, 2.45) is 0 Å². The molecule has 1 saturated heterocycles. The number of anilines is 1. The highest BCUT2D eigenvalue weighted by Crippen LogP contribution is 2.47. The first-order chi connectivity index (χ1) is 11.8. The van der Waals surface area contributed by atoms with Crippen LogP contribution in [0.4, 0.5) is 23.2 Å². The minimum absolute atomic E-state index is 0.0201. The van der Waals surface area contributed by atoms with E-state index in [-0.39, 0.29) is 21.5 Å². The van der Waals surface area contributed by atoms with Gasteiger partial charge in [-0.1, -0.05) is 12.1 Å². The minimum atomic E-state index is -4.47. The lowest BCUT2D eigenvalue weighted by Crippen LogP contribution is -2.46. The standard InChI is InChI=1S/C16H15F4N3S2/c1-23-6-5-11(10(17)8-23)22-12-4-2-3-9-14(12)24-13(7-21)15(9)25-16(18,19)20/h2-4,10-11,22H,5-6,8H2,1H3/t10-,11+/m0/s1. The Kier molecular flexibility index (Phi) is 5.14. The van der Waals surface area contributed by atoms with Gasteiger partial charge in [0.05, 0.1) is 21.3 Å². The third-order valence-electron chi connectivity index (χ3n) is 4.07. The fourth-order valence-corrected chi connectivity index (χ4v) is 4.85. The number of fused-ring (bicyclic) bond motifs is 1. The third-order valence-corrected chi connectivity index (χ3v) is 6.21. The zero-order valence-electron chi connectivity index (χ0n) is 13.2. The highest BCUT2D eigenvalue weighted by atomic mass is 32.2. The van der Waals surface area contributed by atoms with E-state index in [1.54, 1.807) is 18.2 Å². The number of likely N-dealkylation sites (tertiary alicyclic amines) is 1. The molecule has 2 heterocycles. The molecule has 1 N–H and O–H groups in total. The van der Waals surface area contributed by atoms with Crippen LogP contribution < -0.4 is 5.32 Å². The molecule has 3 rings (SSSR count). The zero-order valence-corrected chi connectivity index (χ0v) is 14.9. The van der Waals surface area contributed by atoms with Crippen LogP contribution in [0, 0.1) is 11.3 Å². The minimum Gasteiger partial charge on any atom is -0.378 e. The van der Waals surface area contributed by atoms with Crippen molar-refractivity contribution in [2.45, 2.75) is 29.0 Å². The number of nitriles is 1. The molecule has 134 valence electrons. The van der Waals surface area contributed by atoms with Gasteiger partial charge < -0.3 is 10.2 Å². The highest BCUT2D eigenvalue weighted by molar-refractivity contribution is 8.00. The largest absolute Gasteiger partial charge is 0.446 e. The monoisotopic (exact) mass is 389 g/mol. The Morgan fingerprint density at radius 1 is 1.40 bits per heavy atom. The Morgan fingerprint density at radius 2 is 2.16 bits per heavy atom. The van der Waals surface area contributed by atoms with Gasteiger partial charge in [0.1, 0.15) is 17.1 Å². The first kappa shape index (κ1) is 18.3. The first-order valence-electron chi connectivity index (χ1n) is 7.59. The van der Waals surface area contributed by atoms with Crippen LogP contribution in [0.25, 0.3) is 10.1 Å². The Labute approximate surface area is 150 Å². The predicted molar refractivity (Wildman–Crippen MR) is 92.9 cm³/mol. The number of hydrogen-bond donors (Lipinski definition) is 1. The molecule has 0 spiro atoms. The average Bonchev–Trinajstić information content (AvgIpc) is 2.87. The molecule has 9 heteroatoms. The maximum atomic E-state index is 14.3. The molecule has 25 heavy (non-hydrogen) atoms. The van der Waals surface area contributed by atoms with E-state index in [1.807, 2.05) is 18.0 Å². The van der Waals surface area contributed by atoms with Crippen molar-refractivity contribution in [3.63, 3.8) is 0 Å². The summed E-state index contributed by atoms with van der Waals surface area (Å²) in [6.07, 6.45) is -0.456. The smallest absolute Gasteiger partial charge is 0.378 e. The molecule has 0 unspecified atom stereocenters. The molecule has 2 aromatic rings. The fourth-order valence-electron chi connectivity index (χ4n) is 2.92. The van der Waals surface area contributed by atoms with Crippen molar-refractivity contribution in [1.29, 1.82) is 5.26 Å². The lowest BCUT2D eigenvalue weighted by atomic mass is 10.0. The van der Waals surface area contributed by atoms with E-state index in [0.717, 1.165) is 17.9 Å². The van der Waals surface area contributed by atoms with E-state index in [0.29, 0.717) is 28.7 Å².